The summed E-state index contributed by atoms with van der Waals surface area (Å²) in [5.74, 6) is 0. The first-order valence-corrected chi connectivity index (χ1v) is 5.44. The van der Waals surface area contributed by atoms with Crippen LogP contribution in [0.15, 0.2) is 30.3 Å². The van der Waals surface area contributed by atoms with Gasteiger partial charge in [-0.25, -0.2) is 4.79 Å². The molecule has 1 aromatic carbocycles. The Morgan fingerprint density at radius 2 is 1.88 bits per heavy atom. The molecule has 1 rings (SSSR count). The SMILES string of the molecule is CN(C)C(=O)N(C)[C@H](C#N)Cc1ccccc1. The van der Waals surface area contributed by atoms with Gasteiger partial charge in [0.1, 0.15) is 6.04 Å². The molecule has 1 aromatic rings. The van der Waals surface area contributed by atoms with Crippen LogP contribution >= 0.6 is 0 Å². The van der Waals surface area contributed by atoms with Crippen molar-refractivity contribution in [1.29, 1.82) is 5.26 Å². The standard InChI is InChI=1S/C13H17N3O/c1-15(2)13(17)16(3)12(10-14)9-11-7-5-4-6-8-11/h4-8,12H,9H2,1-3H3/t12-/m0/s1. The second-order valence-electron chi connectivity index (χ2n) is 4.12. The van der Waals surface area contributed by atoms with Crippen molar-refractivity contribution in [3.8, 4) is 6.07 Å². The lowest BCUT2D eigenvalue weighted by Crippen LogP contribution is -2.43. The Bertz CT molecular complexity index is 408. The monoisotopic (exact) mass is 231 g/mol. The number of benzene rings is 1. The van der Waals surface area contributed by atoms with Gasteiger partial charge in [0.2, 0.25) is 0 Å². The zero-order valence-corrected chi connectivity index (χ0v) is 10.4. The third-order valence-electron chi connectivity index (χ3n) is 2.57. The highest BCUT2D eigenvalue weighted by Crippen LogP contribution is 2.08. The summed E-state index contributed by atoms with van der Waals surface area (Å²) < 4.78 is 0. The first-order chi connectivity index (χ1) is 8.06. The molecule has 0 spiro atoms. The Kier molecular flexibility index (Phi) is 4.53. The summed E-state index contributed by atoms with van der Waals surface area (Å²) in [6.45, 7) is 0. The van der Waals surface area contributed by atoms with Crippen molar-refractivity contribution in [2.75, 3.05) is 21.1 Å². The average molecular weight is 231 g/mol. The van der Waals surface area contributed by atoms with E-state index in [2.05, 4.69) is 6.07 Å². The molecule has 0 saturated heterocycles. The van der Waals surface area contributed by atoms with E-state index in [0.29, 0.717) is 6.42 Å². The molecule has 0 saturated carbocycles. The molecule has 1 atom stereocenters. The molecular weight excluding hydrogens is 214 g/mol. The van der Waals surface area contributed by atoms with Crippen LogP contribution in [0.1, 0.15) is 5.56 Å². The average Bonchev–Trinajstić information content (AvgIpc) is 2.35. The molecule has 0 fully saturated rings. The minimum absolute atomic E-state index is 0.160. The van der Waals surface area contributed by atoms with E-state index in [1.165, 1.54) is 9.80 Å². The van der Waals surface area contributed by atoms with E-state index in [4.69, 9.17) is 5.26 Å². The summed E-state index contributed by atoms with van der Waals surface area (Å²) >= 11 is 0. The fourth-order valence-corrected chi connectivity index (χ4v) is 1.56. The first-order valence-electron chi connectivity index (χ1n) is 5.44. The van der Waals surface area contributed by atoms with Crippen molar-refractivity contribution in [2.45, 2.75) is 12.5 Å². The van der Waals surface area contributed by atoms with Crippen molar-refractivity contribution >= 4 is 6.03 Å². The molecule has 2 amide bonds. The smallest absolute Gasteiger partial charge is 0.320 e. The Morgan fingerprint density at radius 1 is 1.29 bits per heavy atom. The van der Waals surface area contributed by atoms with Crippen LogP contribution in [-0.4, -0.2) is 43.0 Å². The second-order valence-corrected chi connectivity index (χ2v) is 4.12. The van der Waals surface area contributed by atoms with Crippen LogP contribution in [0.5, 0.6) is 0 Å². The zero-order chi connectivity index (χ0) is 12.8. The highest BCUT2D eigenvalue weighted by molar-refractivity contribution is 5.74. The van der Waals surface area contributed by atoms with Gasteiger partial charge in [-0.2, -0.15) is 5.26 Å². The number of hydrogen-bond acceptors (Lipinski definition) is 2. The van der Waals surface area contributed by atoms with Crippen molar-refractivity contribution in [2.24, 2.45) is 0 Å². The third kappa shape index (κ3) is 3.49. The molecule has 0 aliphatic carbocycles. The number of hydrogen-bond donors (Lipinski definition) is 0. The summed E-state index contributed by atoms with van der Waals surface area (Å²) in [5.41, 5.74) is 1.05. The number of rotatable bonds is 3. The van der Waals surface area contributed by atoms with Gasteiger partial charge in [-0.3, -0.25) is 0 Å². The van der Waals surface area contributed by atoms with Crippen molar-refractivity contribution in [1.82, 2.24) is 9.80 Å². The molecule has 4 heteroatoms. The van der Waals surface area contributed by atoms with Gasteiger partial charge in [0.25, 0.3) is 0 Å². The van der Waals surface area contributed by atoms with E-state index in [-0.39, 0.29) is 6.03 Å². The van der Waals surface area contributed by atoms with Crippen molar-refractivity contribution < 1.29 is 4.79 Å². The maximum absolute atomic E-state index is 11.7. The van der Waals surface area contributed by atoms with Crippen LogP contribution in [0.3, 0.4) is 0 Å². The highest BCUT2D eigenvalue weighted by atomic mass is 16.2. The molecule has 0 unspecified atom stereocenters. The number of likely N-dealkylation sites (N-methyl/N-ethyl adjacent to an activating group) is 1. The lowest BCUT2D eigenvalue weighted by molar-refractivity contribution is 0.173. The molecule has 0 bridgehead atoms. The van der Waals surface area contributed by atoms with E-state index < -0.39 is 6.04 Å². The lowest BCUT2D eigenvalue weighted by Gasteiger charge is -2.26. The quantitative estimate of drug-likeness (QED) is 0.795. The van der Waals surface area contributed by atoms with E-state index in [0.717, 1.165) is 5.56 Å². The van der Waals surface area contributed by atoms with E-state index in [1.807, 2.05) is 30.3 Å². The maximum Gasteiger partial charge on any atom is 0.320 e. The van der Waals surface area contributed by atoms with Gasteiger partial charge in [-0.05, 0) is 5.56 Å². The zero-order valence-electron chi connectivity index (χ0n) is 10.4. The van der Waals surface area contributed by atoms with Crippen molar-refractivity contribution in [3.05, 3.63) is 35.9 Å². The molecule has 0 aromatic heterocycles. The molecule has 0 N–H and O–H groups in total. The minimum Gasteiger partial charge on any atom is -0.331 e. The van der Waals surface area contributed by atoms with Gasteiger partial charge in [-0.15, -0.1) is 0 Å². The summed E-state index contributed by atoms with van der Waals surface area (Å²) in [6, 6.07) is 11.3. The fraction of sp³-hybridized carbons (Fsp3) is 0.385. The number of carbonyl (C=O) groups is 1. The van der Waals surface area contributed by atoms with Crippen molar-refractivity contribution in [3.63, 3.8) is 0 Å². The number of nitriles is 1. The first kappa shape index (κ1) is 13.0. The molecule has 17 heavy (non-hydrogen) atoms. The van der Waals surface area contributed by atoms with Gasteiger partial charge in [-0.1, -0.05) is 30.3 Å². The topological polar surface area (TPSA) is 47.3 Å². The Labute approximate surface area is 102 Å². The summed E-state index contributed by atoms with van der Waals surface area (Å²) in [7, 11) is 5.00. The van der Waals surface area contributed by atoms with E-state index in [9.17, 15) is 4.79 Å². The third-order valence-corrected chi connectivity index (χ3v) is 2.57. The van der Waals surface area contributed by atoms with Crippen LogP contribution in [0, 0.1) is 11.3 Å². The second kappa shape index (κ2) is 5.90. The molecule has 4 nitrogen and oxygen atoms in total. The van der Waals surface area contributed by atoms with Crippen LogP contribution in [0.2, 0.25) is 0 Å². The predicted octanol–water partition coefficient (Wildman–Crippen LogP) is 1.73. The van der Waals surface area contributed by atoms with E-state index in [1.54, 1.807) is 21.1 Å². The molecule has 90 valence electrons. The normalized spacial score (nSPS) is 11.4. The van der Waals surface area contributed by atoms with Gasteiger partial charge in [0, 0.05) is 27.6 Å². The molecule has 0 aliphatic heterocycles. The number of urea groups is 1. The Morgan fingerprint density at radius 3 is 2.35 bits per heavy atom. The Balaban J connectivity index is 2.73. The van der Waals surface area contributed by atoms with Crippen LogP contribution < -0.4 is 0 Å². The lowest BCUT2D eigenvalue weighted by atomic mass is 10.1. The summed E-state index contributed by atoms with van der Waals surface area (Å²) in [6.07, 6.45) is 0.549. The van der Waals surface area contributed by atoms with Gasteiger partial charge < -0.3 is 9.80 Å². The number of amides is 2. The summed E-state index contributed by atoms with van der Waals surface area (Å²) in [5, 5.41) is 9.13. The van der Waals surface area contributed by atoms with Gasteiger partial charge >= 0.3 is 6.03 Å². The van der Waals surface area contributed by atoms with Crippen LogP contribution in [0.4, 0.5) is 4.79 Å². The minimum atomic E-state index is -0.438. The van der Waals surface area contributed by atoms with Gasteiger partial charge in [0.15, 0.2) is 0 Å². The largest absolute Gasteiger partial charge is 0.331 e. The highest BCUT2D eigenvalue weighted by Gasteiger charge is 2.20. The number of carbonyl (C=O) groups excluding carboxylic acids is 1. The molecule has 0 radical (unpaired) electrons. The number of nitrogens with zero attached hydrogens (tertiary/aromatic N) is 3. The predicted molar refractivity (Wildman–Crippen MR) is 66.4 cm³/mol. The van der Waals surface area contributed by atoms with Crippen LogP contribution in [-0.2, 0) is 6.42 Å². The fourth-order valence-electron chi connectivity index (χ4n) is 1.56. The Hall–Kier alpha value is -2.02. The molecule has 0 aliphatic rings. The maximum atomic E-state index is 11.7. The molecule has 0 heterocycles. The molecular formula is C13H17N3O. The van der Waals surface area contributed by atoms with E-state index >= 15 is 0 Å². The van der Waals surface area contributed by atoms with Gasteiger partial charge in [0.05, 0.1) is 6.07 Å². The van der Waals surface area contributed by atoms with Crippen LogP contribution in [0.25, 0.3) is 0 Å². The summed E-state index contributed by atoms with van der Waals surface area (Å²) in [4.78, 5) is 14.7.